The Balaban J connectivity index is 1.66. The van der Waals surface area contributed by atoms with Gasteiger partial charge in [0.2, 0.25) is 0 Å². The van der Waals surface area contributed by atoms with E-state index in [-0.39, 0.29) is 11.3 Å². The lowest BCUT2D eigenvalue weighted by Crippen LogP contribution is -2.14. The third-order valence-electron chi connectivity index (χ3n) is 6.81. The van der Waals surface area contributed by atoms with Crippen molar-refractivity contribution in [2.24, 2.45) is 0 Å². The number of pyridine rings is 1. The quantitative estimate of drug-likeness (QED) is 0.305. The molecule has 1 heterocycles. The summed E-state index contributed by atoms with van der Waals surface area (Å²) in [6, 6.07) is 27.1. The summed E-state index contributed by atoms with van der Waals surface area (Å²) in [7, 11) is 0. The van der Waals surface area contributed by atoms with Gasteiger partial charge in [-0.1, -0.05) is 79.7 Å². The maximum Gasteiger partial charge on any atom is 0.417 e. The third-order valence-corrected chi connectivity index (χ3v) is 6.81. The second kappa shape index (κ2) is 9.65. The van der Waals surface area contributed by atoms with Crippen molar-refractivity contribution in [1.82, 2.24) is 4.98 Å². The molecule has 1 aliphatic carbocycles. The van der Waals surface area contributed by atoms with Gasteiger partial charge in [-0.3, -0.25) is 0 Å². The summed E-state index contributed by atoms with van der Waals surface area (Å²) < 4.78 is 41.6. The SMILES string of the molecule is CCC1CC(C)=C(Nc2cc(-c3ccccc3)nc(-c3ccccc3C(F)(F)F)c2)c2ccccc21. The first kappa shape index (κ1) is 23.9. The number of allylic oxidation sites excluding steroid dienone is 1. The monoisotopic (exact) mass is 484 g/mol. The third kappa shape index (κ3) is 4.66. The number of halogens is 3. The Morgan fingerprint density at radius 3 is 2.19 bits per heavy atom. The van der Waals surface area contributed by atoms with Crippen molar-refractivity contribution in [2.75, 3.05) is 5.32 Å². The van der Waals surface area contributed by atoms with Crippen LogP contribution < -0.4 is 5.32 Å². The lowest BCUT2D eigenvalue weighted by molar-refractivity contribution is -0.137. The molecule has 1 aliphatic rings. The van der Waals surface area contributed by atoms with Crippen molar-refractivity contribution in [3.05, 3.63) is 113 Å². The van der Waals surface area contributed by atoms with Crippen molar-refractivity contribution in [1.29, 1.82) is 0 Å². The van der Waals surface area contributed by atoms with Gasteiger partial charge < -0.3 is 5.32 Å². The van der Waals surface area contributed by atoms with Crippen LogP contribution in [-0.4, -0.2) is 4.98 Å². The van der Waals surface area contributed by atoms with Crippen LogP contribution in [0.1, 0.15) is 49.3 Å². The smallest absolute Gasteiger partial charge is 0.355 e. The number of alkyl halides is 3. The van der Waals surface area contributed by atoms with E-state index in [9.17, 15) is 13.2 Å². The first-order chi connectivity index (χ1) is 17.3. The molecule has 0 saturated heterocycles. The molecule has 0 bridgehead atoms. The average molecular weight is 485 g/mol. The minimum absolute atomic E-state index is 0.0617. The fraction of sp³-hybridized carbons (Fsp3) is 0.194. The molecular weight excluding hydrogens is 457 g/mol. The van der Waals surface area contributed by atoms with Crippen LogP contribution >= 0.6 is 0 Å². The number of benzene rings is 3. The maximum absolute atomic E-state index is 13.9. The van der Waals surface area contributed by atoms with Gasteiger partial charge in [-0.25, -0.2) is 4.98 Å². The predicted molar refractivity (Wildman–Crippen MR) is 140 cm³/mol. The molecule has 0 aliphatic heterocycles. The number of nitrogens with zero attached hydrogens (tertiary/aromatic N) is 1. The Morgan fingerprint density at radius 2 is 1.47 bits per heavy atom. The van der Waals surface area contributed by atoms with Crippen LogP contribution in [0.3, 0.4) is 0 Å². The summed E-state index contributed by atoms with van der Waals surface area (Å²) >= 11 is 0. The van der Waals surface area contributed by atoms with Crippen molar-refractivity contribution in [3.8, 4) is 22.5 Å². The highest BCUT2D eigenvalue weighted by Gasteiger charge is 2.34. The van der Waals surface area contributed by atoms with Crippen molar-refractivity contribution in [3.63, 3.8) is 0 Å². The van der Waals surface area contributed by atoms with E-state index in [1.165, 1.54) is 23.3 Å². The van der Waals surface area contributed by atoms with E-state index in [4.69, 9.17) is 0 Å². The second-order valence-electron chi connectivity index (χ2n) is 9.21. The van der Waals surface area contributed by atoms with E-state index in [2.05, 4.69) is 42.3 Å². The molecule has 3 aromatic carbocycles. The van der Waals surface area contributed by atoms with Gasteiger partial charge in [-0.15, -0.1) is 0 Å². The summed E-state index contributed by atoms with van der Waals surface area (Å²) in [6.07, 6.45) is -2.49. The second-order valence-corrected chi connectivity index (χ2v) is 9.21. The molecule has 2 nitrogen and oxygen atoms in total. The molecule has 1 N–H and O–H groups in total. The molecule has 5 heteroatoms. The largest absolute Gasteiger partial charge is 0.417 e. The van der Waals surface area contributed by atoms with Gasteiger partial charge in [0.15, 0.2) is 0 Å². The van der Waals surface area contributed by atoms with Gasteiger partial charge in [-0.2, -0.15) is 13.2 Å². The van der Waals surface area contributed by atoms with Crippen LogP contribution in [0, 0.1) is 0 Å². The molecule has 1 unspecified atom stereocenters. The highest BCUT2D eigenvalue weighted by atomic mass is 19.4. The van der Waals surface area contributed by atoms with Crippen LogP contribution in [0.5, 0.6) is 0 Å². The zero-order valence-corrected chi connectivity index (χ0v) is 20.2. The van der Waals surface area contributed by atoms with Crippen LogP contribution in [0.2, 0.25) is 0 Å². The van der Waals surface area contributed by atoms with E-state index >= 15 is 0 Å². The highest BCUT2D eigenvalue weighted by molar-refractivity contribution is 5.85. The fourth-order valence-electron chi connectivity index (χ4n) is 5.03. The molecule has 0 fully saturated rings. The summed E-state index contributed by atoms with van der Waals surface area (Å²) in [4.78, 5) is 4.67. The molecule has 36 heavy (non-hydrogen) atoms. The normalized spacial score (nSPS) is 15.5. The fourth-order valence-corrected chi connectivity index (χ4v) is 5.03. The molecule has 0 amide bonds. The predicted octanol–water partition coefficient (Wildman–Crippen LogP) is 9.17. The minimum Gasteiger partial charge on any atom is -0.355 e. The number of rotatable bonds is 5. The first-order valence-electron chi connectivity index (χ1n) is 12.2. The first-order valence-corrected chi connectivity index (χ1v) is 12.2. The van der Waals surface area contributed by atoms with Crippen molar-refractivity contribution >= 4 is 11.4 Å². The molecule has 0 saturated carbocycles. The van der Waals surface area contributed by atoms with Crippen LogP contribution in [0.15, 0.2) is 96.6 Å². The van der Waals surface area contributed by atoms with E-state index in [1.54, 1.807) is 12.1 Å². The van der Waals surface area contributed by atoms with Gasteiger partial charge in [0.05, 0.1) is 17.0 Å². The number of nitrogens with one attached hydrogen (secondary N) is 1. The number of aromatic nitrogens is 1. The molecule has 1 aromatic heterocycles. The van der Waals surface area contributed by atoms with Gasteiger partial charge in [-0.05, 0) is 55.0 Å². The summed E-state index contributed by atoms with van der Waals surface area (Å²) in [5, 5.41) is 3.57. The lowest BCUT2D eigenvalue weighted by Gasteiger charge is -2.29. The van der Waals surface area contributed by atoms with Crippen LogP contribution in [0.25, 0.3) is 28.2 Å². The highest BCUT2D eigenvalue weighted by Crippen LogP contribution is 2.42. The minimum atomic E-state index is -4.48. The van der Waals surface area contributed by atoms with Gasteiger partial charge in [0.25, 0.3) is 0 Å². The molecule has 4 aromatic rings. The van der Waals surface area contributed by atoms with E-state index < -0.39 is 11.7 Å². The average Bonchev–Trinajstić information content (AvgIpc) is 2.90. The number of hydrogen-bond donors (Lipinski definition) is 1. The Labute approximate surface area is 209 Å². The Morgan fingerprint density at radius 1 is 0.833 bits per heavy atom. The lowest BCUT2D eigenvalue weighted by atomic mass is 9.80. The van der Waals surface area contributed by atoms with Crippen LogP contribution in [-0.2, 0) is 6.18 Å². The van der Waals surface area contributed by atoms with E-state index in [1.807, 2.05) is 42.5 Å². The Hall–Kier alpha value is -3.86. The molecule has 1 atom stereocenters. The standard InChI is InChI=1S/C31H27F3N2/c1-3-21-17-20(2)30(25-14-8-7-13-24(21)25)35-23-18-28(22-11-5-4-6-12-22)36-29(19-23)26-15-9-10-16-27(26)31(32,33)34/h4-16,18-19,21H,3,17H2,1-2H3,(H,35,36). The summed E-state index contributed by atoms with van der Waals surface area (Å²) in [5.74, 6) is 0.457. The number of hydrogen-bond acceptors (Lipinski definition) is 2. The van der Waals surface area contributed by atoms with Gasteiger partial charge >= 0.3 is 6.18 Å². The zero-order valence-electron chi connectivity index (χ0n) is 20.2. The van der Waals surface area contributed by atoms with Gasteiger partial charge in [0.1, 0.15) is 0 Å². The molecular formula is C31H27F3N2. The molecule has 5 rings (SSSR count). The number of anilines is 1. The Kier molecular flexibility index (Phi) is 6.40. The topological polar surface area (TPSA) is 24.9 Å². The maximum atomic E-state index is 13.9. The van der Waals surface area contributed by atoms with Crippen LogP contribution in [0.4, 0.5) is 18.9 Å². The zero-order chi connectivity index (χ0) is 25.3. The molecule has 182 valence electrons. The van der Waals surface area contributed by atoms with Gasteiger partial charge in [0, 0.05) is 28.1 Å². The Bertz CT molecular complexity index is 1420. The summed E-state index contributed by atoms with van der Waals surface area (Å²) in [5.41, 5.74) is 6.48. The van der Waals surface area contributed by atoms with Crippen molar-refractivity contribution < 1.29 is 13.2 Å². The molecule has 0 radical (unpaired) electrons. The van der Waals surface area contributed by atoms with E-state index in [0.29, 0.717) is 17.3 Å². The van der Waals surface area contributed by atoms with E-state index in [0.717, 1.165) is 35.7 Å². The number of fused-ring (bicyclic) bond motifs is 1. The molecule has 0 spiro atoms. The van der Waals surface area contributed by atoms with Crippen molar-refractivity contribution in [2.45, 2.75) is 38.8 Å². The summed E-state index contributed by atoms with van der Waals surface area (Å²) in [6.45, 7) is 4.33.